The predicted octanol–water partition coefficient (Wildman–Crippen LogP) is 2.86. The maximum absolute atomic E-state index is 5.67. The van der Waals surface area contributed by atoms with Crippen molar-refractivity contribution in [2.75, 3.05) is 13.6 Å². The van der Waals surface area contributed by atoms with Crippen LogP contribution < -0.4 is 5.73 Å². The zero-order chi connectivity index (χ0) is 13.1. The lowest BCUT2D eigenvalue weighted by atomic mass is 9.97. The quantitative estimate of drug-likeness (QED) is 0.849. The van der Waals surface area contributed by atoms with Gasteiger partial charge in [-0.2, -0.15) is 0 Å². The standard InChI is InChI=1S/C15H26N2/c1-12-6-7-14(13(2)10-12)11-17(5)15(3,4)8-9-16/h6-7,10H,8-9,11,16H2,1-5H3. The number of aryl methyl sites for hydroxylation is 2. The smallest absolute Gasteiger partial charge is 0.0238 e. The molecule has 0 aliphatic heterocycles. The van der Waals surface area contributed by atoms with Gasteiger partial charge < -0.3 is 5.73 Å². The first-order valence-corrected chi connectivity index (χ1v) is 6.34. The number of hydrogen-bond acceptors (Lipinski definition) is 2. The topological polar surface area (TPSA) is 29.3 Å². The zero-order valence-electron chi connectivity index (χ0n) is 11.9. The van der Waals surface area contributed by atoms with Gasteiger partial charge in [0.1, 0.15) is 0 Å². The van der Waals surface area contributed by atoms with Gasteiger partial charge >= 0.3 is 0 Å². The fourth-order valence-corrected chi connectivity index (χ4v) is 2.04. The monoisotopic (exact) mass is 234 g/mol. The summed E-state index contributed by atoms with van der Waals surface area (Å²) in [6.45, 7) is 10.6. The van der Waals surface area contributed by atoms with Crippen molar-refractivity contribution in [1.29, 1.82) is 0 Å². The molecule has 0 heterocycles. The number of nitrogens with two attached hydrogens (primary N) is 1. The molecule has 1 aromatic carbocycles. The third-order valence-corrected chi connectivity index (χ3v) is 3.70. The van der Waals surface area contributed by atoms with Crippen LogP contribution in [0.2, 0.25) is 0 Å². The maximum Gasteiger partial charge on any atom is 0.0238 e. The van der Waals surface area contributed by atoms with Crippen molar-refractivity contribution in [2.24, 2.45) is 5.73 Å². The van der Waals surface area contributed by atoms with Gasteiger partial charge in [-0.25, -0.2) is 0 Å². The highest BCUT2D eigenvalue weighted by molar-refractivity contribution is 5.30. The van der Waals surface area contributed by atoms with E-state index < -0.39 is 0 Å². The lowest BCUT2D eigenvalue weighted by Gasteiger charge is -2.36. The van der Waals surface area contributed by atoms with Gasteiger partial charge in [-0.05, 0) is 58.8 Å². The second kappa shape index (κ2) is 5.65. The van der Waals surface area contributed by atoms with Crippen molar-refractivity contribution in [3.05, 3.63) is 34.9 Å². The Morgan fingerprint density at radius 3 is 2.41 bits per heavy atom. The summed E-state index contributed by atoms with van der Waals surface area (Å²) in [7, 11) is 2.18. The van der Waals surface area contributed by atoms with Crippen molar-refractivity contribution in [1.82, 2.24) is 4.90 Å². The summed E-state index contributed by atoms with van der Waals surface area (Å²) in [6.07, 6.45) is 1.02. The van der Waals surface area contributed by atoms with Gasteiger partial charge in [0.15, 0.2) is 0 Å². The summed E-state index contributed by atoms with van der Waals surface area (Å²) in [5.41, 5.74) is 9.94. The summed E-state index contributed by atoms with van der Waals surface area (Å²) in [5, 5.41) is 0. The average molecular weight is 234 g/mol. The molecule has 1 aromatic rings. The largest absolute Gasteiger partial charge is 0.330 e. The molecule has 0 aromatic heterocycles. The molecule has 1 rings (SSSR count). The minimum atomic E-state index is 0.159. The number of rotatable bonds is 5. The van der Waals surface area contributed by atoms with E-state index in [1.165, 1.54) is 16.7 Å². The Balaban J connectivity index is 2.77. The molecule has 96 valence electrons. The number of benzene rings is 1. The molecule has 0 aliphatic carbocycles. The van der Waals surface area contributed by atoms with E-state index in [4.69, 9.17) is 5.73 Å². The molecule has 0 saturated carbocycles. The molecule has 0 radical (unpaired) electrons. The van der Waals surface area contributed by atoms with Crippen LogP contribution in [0, 0.1) is 13.8 Å². The minimum absolute atomic E-state index is 0.159. The van der Waals surface area contributed by atoms with Crippen molar-refractivity contribution in [2.45, 2.75) is 46.2 Å². The third kappa shape index (κ3) is 3.83. The molecule has 0 fully saturated rings. The normalized spacial score (nSPS) is 12.2. The van der Waals surface area contributed by atoms with E-state index in [1.54, 1.807) is 0 Å². The van der Waals surface area contributed by atoms with Gasteiger partial charge in [-0.1, -0.05) is 23.8 Å². The highest BCUT2D eigenvalue weighted by Crippen LogP contribution is 2.20. The van der Waals surface area contributed by atoms with Gasteiger partial charge in [0, 0.05) is 12.1 Å². The van der Waals surface area contributed by atoms with E-state index in [1.807, 2.05) is 0 Å². The lowest BCUT2D eigenvalue weighted by Crippen LogP contribution is -2.42. The van der Waals surface area contributed by atoms with Crippen LogP contribution in [0.3, 0.4) is 0 Å². The fourth-order valence-electron chi connectivity index (χ4n) is 2.04. The molecular formula is C15H26N2. The predicted molar refractivity (Wildman–Crippen MR) is 75.1 cm³/mol. The molecule has 0 amide bonds. The van der Waals surface area contributed by atoms with Crippen molar-refractivity contribution in [3.8, 4) is 0 Å². The van der Waals surface area contributed by atoms with E-state index in [9.17, 15) is 0 Å². The fraction of sp³-hybridized carbons (Fsp3) is 0.600. The molecule has 2 nitrogen and oxygen atoms in total. The van der Waals surface area contributed by atoms with Crippen molar-refractivity contribution < 1.29 is 0 Å². The average Bonchev–Trinajstić information content (AvgIpc) is 2.22. The summed E-state index contributed by atoms with van der Waals surface area (Å²) >= 11 is 0. The highest BCUT2D eigenvalue weighted by atomic mass is 15.2. The van der Waals surface area contributed by atoms with Gasteiger partial charge in [-0.3, -0.25) is 4.90 Å². The Labute approximate surface area is 106 Å². The molecule has 2 heteroatoms. The molecule has 0 aliphatic rings. The number of nitrogens with zero attached hydrogens (tertiary/aromatic N) is 1. The van der Waals surface area contributed by atoms with E-state index in [2.05, 4.69) is 57.8 Å². The van der Waals surface area contributed by atoms with Crippen LogP contribution in [-0.4, -0.2) is 24.0 Å². The van der Waals surface area contributed by atoms with Gasteiger partial charge in [-0.15, -0.1) is 0 Å². The van der Waals surface area contributed by atoms with Gasteiger partial charge in [0.2, 0.25) is 0 Å². The SMILES string of the molecule is Cc1ccc(CN(C)C(C)(C)CCN)c(C)c1. The van der Waals surface area contributed by atoms with Crippen LogP contribution in [0.5, 0.6) is 0 Å². The Bertz CT molecular complexity index is 369. The first kappa shape index (κ1) is 14.2. The Hall–Kier alpha value is -0.860. The zero-order valence-corrected chi connectivity index (χ0v) is 11.9. The van der Waals surface area contributed by atoms with E-state index in [0.29, 0.717) is 0 Å². The first-order chi connectivity index (χ1) is 7.86. The van der Waals surface area contributed by atoms with Gasteiger partial charge in [0.05, 0.1) is 0 Å². The van der Waals surface area contributed by atoms with E-state index >= 15 is 0 Å². The molecule has 0 unspecified atom stereocenters. The number of hydrogen-bond donors (Lipinski definition) is 1. The van der Waals surface area contributed by atoms with Crippen LogP contribution >= 0.6 is 0 Å². The van der Waals surface area contributed by atoms with E-state index in [0.717, 1.165) is 19.5 Å². The van der Waals surface area contributed by atoms with Crippen LogP contribution in [0.4, 0.5) is 0 Å². The summed E-state index contributed by atoms with van der Waals surface area (Å²) in [4.78, 5) is 2.39. The van der Waals surface area contributed by atoms with E-state index in [-0.39, 0.29) is 5.54 Å². The van der Waals surface area contributed by atoms with Crippen LogP contribution in [0.1, 0.15) is 37.0 Å². The van der Waals surface area contributed by atoms with Crippen LogP contribution in [0.25, 0.3) is 0 Å². The Morgan fingerprint density at radius 1 is 1.24 bits per heavy atom. The van der Waals surface area contributed by atoms with Gasteiger partial charge in [0.25, 0.3) is 0 Å². The molecule has 0 saturated heterocycles. The van der Waals surface area contributed by atoms with Crippen LogP contribution in [0.15, 0.2) is 18.2 Å². The third-order valence-electron chi connectivity index (χ3n) is 3.70. The molecule has 0 spiro atoms. The molecule has 0 bridgehead atoms. The van der Waals surface area contributed by atoms with Crippen molar-refractivity contribution >= 4 is 0 Å². The highest BCUT2D eigenvalue weighted by Gasteiger charge is 2.22. The summed E-state index contributed by atoms with van der Waals surface area (Å²) in [5.74, 6) is 0. The second-order valence-electron chi connectivity index (χ2n) is 5.64. The Kier molecular flexibility index (Phi) is 4.72. The molecule has 17 heavy (non-hydrogen) atoms. The van der Waals surface area contributed by atoms with Crippen molar-refractivity contribution in [3.63, 3.8) is 0 Å². The molecular weight excluding hydrogens is 208 g/mol. The van der Waals surface area contributed by atoms with Crippen LogP contribution in [-0.2, 0) is 6.54 Å². The Morgan fingerprint density at radius 2 is 1.88 bits per heavy atom. The summed E-state index contributed by atoms with van der Waals surface area (Å²) in [6, 6.07) is 6.67. The molecule has 0 atom stereocenters. The lowest BCUT2D eigenvalue weighted by molar-refractivity contribution is 0.140. The minimum Gasteiger partial charge on any atom is -0.330 e. The second-order valence-corrected chi connectivity index (χ2v) is 5.64. The maximum atomic E-state index is 5.67. The summed E-state index contributed by atoms with van der Waals surface area (Å²) < 4.78 is 0. The molecule has 2 N–H and O–H groups in total. The first-order valence-electron chi connectivity index (χ1n) is 6.34.